The lowest BCUT2D eigenvalue weighted by molar-refractivity contribution is 0.414. The highest BCUT2D eigenvalue weighted by Gasteiger charge is 2.06. The Morgan fingerprint density at radius 1 is 1.58 bits per heavy atom. The molecular formula is C7H6ClN3O. The third kappa shape index (κ3) is 0.921. The van der Waals surface area contributed by atoms with Crippen molar-refractivity contribution >= 4 is 17.2 Å². The van der Waals surface area contributed by atoms with Crippen molar-refractivity contribution in [2.24, 2.45) is 0 Å². The van der Waals surface area contributed by atoms with Gasteiger partial charge in [0, 0.05) is 12.3 Å². The Bertz CT molecular complexity index is 412. The van der Waals surface area contributed by atoms with Crippen molar-refractivity contribution in [1.29, 1.82) is 0 Å². The number of hydrogen-bond acceptors (Lipinski definition) is 3. The molecule has 0 aromatic carbocycles. The van der Waals surface area contributed by atoms with Gasteiger partial charge in [-0.25, -0.2) is 9.50 Å². The number of hydrogen-bond donors (Lipinski definition) is 0. The minimum absolute atomic E-state index is 0.484. The number of pyridine rings is 1. The standard InChI is InChI=1S/C7H6ClN3O/c1-12-5-2-3-11-7(6(5)8)9-4-10-11/h2-4H,1H3. The third-order valence-electron chi connectivity index (χ3n) is 1.57. The number of ether oxygens (including phenoxy) is 1. The molecule has 0 aliphatic rings. The predicted octanol–water partition coefficient (Wildman–Crippen LogP) is 1.39. The molecule has 2 aromatic rings. The van der Waals surface area contributed by atoms with Crippen LogP contribution in [0.5, 0.6) is 5.75 Å². The maximum absolute atomic E-state index is 5.93. The van der Waals surface area contributed by atoms with E-state index in [4.69, 9.17) is 16.3 Å². The Kier molecular flexibility index (Phi) is 1.62. The van der Waals surface area contributed by atoms with Crippen LogP contribution >= 0.6 is 11.6 Å². The molecule has 0 N–H and O–H groups in total. The van der Waals surface area contributed by atoms with Gasteiger partial charge in [0.25, 0.3) is 0 Å². The minimum Gasteiger partial charge on any atom is -0.495 e. The highest BCUT2D eigenvalue weighted by Crippen LogP contribution is 2.26. The number of methoxy groups -OCH3 is 1. The summed E-state index contributed by atoms with van der Waals surface area (Å²) in [5.74, 6) is 0.608. The summed E-state index contributed by atoms with van der Waals surface area (Å²) in [4.78, 5) is 3.97. The molecule has 0 amide bonds. The van der Waals surface area contributed by atoms with Gasteiger partial charge in [-0.3, -0.25) is 0 Å². The molecule has 0 saturated heterocycles. The first kappa shape index (κ1) is 7.36. The van der Waals surface area contributed by atoms with Crippen molar-refractivity contribution in [3.05, 3.63) is 23.6 Å². The zero-order valence-electron chi connectivity index (χ0n) is 6.36. The van der Waals surface area contributed by atoms with E-state index in [0.717, 1.165) is 0 Å². The Balaban J connectivity index is 2.78. The van der Waals surface area contributed by atoms with Crippen LogP contribution in [0.1, 0.15) is 0 Å². The number of fused-ring (bicyclic) bond motifs is 1. The summed E-state index contributed by atoms with van der Waals surface area (Å²) in [6, 6.07) is 1.74. The highest BCUT2D eigenvalue weighted by atomic mass is 35.5. The molecule has 0 spiro atoms. The van der Waals surface area contributed by atoms with Crippen LogP contribution in [0.4, 0.5) is 0 Å². The Hall–Kier alpha value is -1.29. The average Bonchev–Trinajstić information content (AvgIpc) is 2.53. The van der Waals surface area contributed by atoms with E-state index in [2.05, 4.69) is 10.1 Å². The van der Waals surface area contributed by atoms with E-state index >= 15 is 0 Å². The summed E-state index contributed by atoms with van der Waals surface area (Å²) in [5.41, 5.74) is 0.607. The van der Waals surface area contributed by atoms with Crippen LogP contribution in [0.25, 0.3) is 5.65 Å². The molecule has 62 valence electrons. The van der Waals surface area contributed by atoms with Gasteiger partial charge < -0.3 is 4.74 Å². The largest absolute Gasteiger partial charge is 0.495 e. The molecule has 2 heterocycles. The zero-order chi connectivity index (χ0) is 8.55. The van der Waals surface area contributed by atoms with Gasteiger partial charge in [-0.05, 0) is 0 Å². The number of rotatable bonds is 1. The SMILES string of the molecule is COc1ccn2ncnc2c1Cl. The van der Waals surface area contributed by atoms with Gasteiger partial charge in [0.1, 0.15) is 17.1 Å². The molecule has 0 saturated carbocycles. The Morgan fingerprint density at radius 3 is 3.17 bits per heavy atom. The van der Waals surface area contributed by atoms with Gasteiger partial charge >= 0.3 is 0 Å². The molecule has 0 fully saturated rings. The first-order chi connectivity index (χ1) is 5.83. The van der Waals surface area contributed by atoms with Crippen molar-refractivity contribution in [3.63, 3.8) is 0 Å². The van der Waals surface area contributed by atoms with Gasteiger partial charge in [0.2, 0.25) is 0 Å². The van der Waals surface area contributed by atoms with E-state index in [0.29, 0.717) is 16.4 Å². The summed E-state index contributed by atoms with van der Waals surface area (Å²) < 4.78 is 6.60. The van der Waals surface area contributed by atoms with Gasteiger partial charge in [0.15, 0.2) is 5.65 Å². The normalized spacial score (nSPS) is 10.5. The second-order valence-corrected chi connectivity index (χ2v) is 2.60. The van der Waals surface area contributed by atoms with Crippen LogP contribution in [-0.4, -0.2) is 21.7 Å². The summed E-state index contributed by atoms with van der Waals surface area (Å²) in [6.07, 6.45) is 3.19. The summed E-state index contributed by atoms with van der Waals surface area (Å²) in [5, 5.41) is 4.40. The lowest BCUT2D eigenvalue weighted by Crippen LogP contribution is -1.90. The number of aromatic nitrogens is 3. The molecule has 0 bridgehead atoms. The first-order valence-corrected chi connectivity index (χ1v) is 3.72. The van der Waals surface area contributed by atoms with Crippen LogP contribution in [0.2, 0.25) is 5.02 Å². The lowest BCUT2D eigenvalue weighted by atomic mass is 10.4. The third-order valence-corrected chi connectivity index (χ3v) is 1.93. The van der Waals surface area contributed by atoms with E-state index < -0.39 is 0 Å². The second kappa shape index (κ2) is 2.64. The van der Waals surface area contributed by atoms with E-state index in [-0.39, 0.29) is 0 Å². The zero-order valence-corrected chi connectivity index (χ0v) is 7.12. The van der Waals surface area contributed by atoms with Crippen molar-refractivity contribution < 1.29 is 4.74 Å². The van der Waals surface area contributed by atoms with E-state index in [9.17, 15) is 0 Å². The molecule has 2 rings (SSSR count). The van der Waals surface area contributed by atoms with Crippen molar-refractivity contribution in [2.75, 3.05) is 7.11 Å². The van der Waals surface area contributed by atoms with Gasteiger partial charge in [-0.1, -0.05) is 11.6 Å². The van der Waals surface area contributed by atoms with E-state index in [1.54, 1.807) is 23.9 Å². The predicted molar refractivity (Wildman–Crippen MR) is 44.5 cm³/mol. The molecule has 12 heavy (non-hydrogen) atoms. The van der Waals surface area contributed by atoms with Gasteiger partial charge in [-0.2, -0.15) is 5.10 Å². The molecule has 0 unspecified atom stereocenters. The van der Waals surface area contributed by atoms with Crippen LogP contribution in [0.15, 0.2) is 18.6 Å². The van der Waals surface area contributed by atoms with E-state index in [1.165, 1.54) is 6.33 Å². The van der Waals surface area contributed by atoms with Gasteiger partial charge in [0.05, 0.1) is 7.11 Å². The van der Waals surface area contributed by atoms with Crippen molar-refractivity contribution in [2.45, 2.75) is 0 Å². The van der Waals surface area contributed by atoms with Crippen LogP contribution < -0.4 is 4.74 Å². The molecule has 0 radical (unpaired) electrons. The van der Waals surface area contributed by atoms with Crippen molar-refractivity contribution in [1.82, 2.24) is 14.6 Å². The summed E-state index contributed by atoms with van der Waals surface area (Å²) in [6.45, 7) is 0. The number of nitrogens with zero attached hydrogens (tertiary/aromatic N) is 3. The molecule has 0 aliphatic carbocycles. The topological polar surface area (TPSA) is 39.4 Å². The fourth-order valence-corrected chi connectivity index (χ4v) is 1.27. The lowest BCUT2D eigenvalue weighted by Gasteiger charge is -2.01. The fourth-order valence-electron chi connectivity index (χ4n) is 0.996. The number of halogens is 1. The quantitative estimate of drug-likeness (QED) is 0.671. The molecular weight excluding hydrogens is 178 g/mol. The summed E-state index contributed by atoms with van der Waals surface area (Å²) >= 11 is 5.93. The molecule has 0 atom stereocenters. The monoisotopic (exact) mass is 183 g/mol. The van der Waals surface area contributed by atoms with Gasteiger partial charge in [-0.15, -0.1) is 0 Å². The maximum Gasteiger partial charge on any atom is 0.177 e. The smallest absolute Gasteiger partial charge is 0.177 e. The Morgan fingerprint density at radius 2 is 2.42 bits per heavy atom. The minimum atomic E-state index is 0.484. The fraction of sp³-hybridized carbons (Fsp3) is 0.143. The second-order valence-electron chi connectivity index (χ2n) is 2.23. The van der Waals surface area contributed by atoms with Crippen LogP contribution in [0.3, 0.4) is 0 Å². The van der Waals surface area contributed by atoms with Crippen molar-refractivity contribution in [3.8, 4) is 5.75 Å². The molecule has 2 aromatic heterocycles. The molecule has 5 heteroatoms. The molecule has 0 aliphatic heterocycles. The highest BCUT2D eigenvalue weighted by molar-refractivity contribution is 6.34. The molecule has 4 nitrogen and oxygen atoms in total. The van der Waals surface area contributed by atoms with E-state index in [1.807, 2.05) is 0 Å². The van der Waals surface area contributed by atoms with Crippen LogP contribution in [0, 0.1) is 0 Å². The van der Waals surface area contributed by atoms with Crippen LogP contribution in [-0.2, 0) is 0 Å². The average molecular weight is 184 g/mol. The Labute approximate surface area is 73.7 Å². The maximum atomic E-state index is 5.93. The summed E-state index contributed by atoms with van der Waals surface area (Å²) in [7, 11) is 1.56. The first-order valence-electron chi connectivity index (χ1n) is 3.35.